The number of aromatic nitrogens is 4. The molecule has 1 atom stereocenters. The maximum absolute atomic E-state index is 11.7. The lowest BCUT2D eigenvalue weighted by Crippen LogP contribution is -2.50. The Hall–Kier alpha value is -2.93. The maximum atomic E-state index is 11.7. The normalized spacial score (nSPS) is 11.9. The summed E-state index contributed by atoms with van der Waals surface area (Å²) in [6.45, 7) is 0.0815. The van der Waals surface area contributed by atoms with Crippen LogP contribution in [-0.4, -0.2) is 71.9 Å². The largest absolute Gasteiger partial charge is 0.479 e. The van der Waals surface area contributed by atoms with Gasteiger partial charge in [-0.2, -0.15) is 0 Å². The molecule has 0 saturated carbocycles. The average Bonchev–Trinajstić information content (AvgIpc) is 2.95. The van der Waals surface area contributed by atoms with Crippen molar-refractivity contribution in [1.29, 1.82) is 0 Å². The molecule has 24 heavy (non-hydrogen) atoms. The monoisotopic (exact) mass is 355 g/mol. The lowest BCUT2D eigenvalue weighted by Gasteiger charge is -2.17. The average molecular weight is 355 g/mol. The number of nitrogens with two attached hydrogens (primary N) is 1. The first kappa shape index (κ1) is 17.4. The quantitative estimate of drug-likeness (QED) is 0.0925. The van der Waals surface area contributed by atoms with Gasteiger partial charge >= 0.3 is 5.97 Å². The Balaban J connectivity index is 1.87. The predicted octanol–water partition coefficient (Wildman–Crippen LogP) is -1.56. The van der Waals surface area contributed by atoms with Gasteiger partial charge in [0, 0.05) is 12.3 Å². The highest BCUT2D eigenvalue weighted by atomic mass is 32.2. The van der Waals surface area contributed by atoms with Crippen LogP contribution in [0.25, 0.3) is 11.2 Å². The zero-order valence-electron chi connectivity index (χ0n) is 12.0. The van der Waals surface area contributed by atoms with E-state index < -0.39 is 17.9 Å². The number of hydroxylamine groups is 2. The number of rotatable bonds is 8. The van der Waals surface area contributed by atoms with Crippen molar-refractivity contribution in [2.75, 3.05) is 18.0 Å². The minimum absolute atomic E-state index is 0.0815. The molecule has 6 N–H and O–H groups in total. The van der Waals surface area contributed by atoms with E-state index in [-0.39, 0.29) is 23.8 Å². The molecule has 0 spiro atoms. The number of imidazole rings is 1. The molecule has 12 nitrogen and oxygen atoms in total. The van der Waals surface area contributed by atoms with E-state index in [1.165, 1.54) is 18.1 Å². The number of nitrogen functional groups attached to an aromatic ring is 1. The summed E-state index contributed by atoms with van der Waals surface area (Å²) in [5.41, 5.74) is 6.57. The smallest absolute Gasteiger partial charge is 0.338 e. The number of carboxylic acids is 1. The number of anilines is 1. The molecule has 0 bridgehead atoms. The van der Waals surface area contributed by atoms with Crippen LogP contribution in [0.2, 0.25) is 0 Å². The SMILES string of the molecule is Nc1ncnc2nc(SCCNC(=O)[C@H](C(=O)O)N(O)C=O)[nH]c12. The Kier molecular flexibility index (Phi) is 5.49. The summed E-state index contributed by atoms with van der Waals surface area (Å²) in [6.07, 6.45) is 1.12. The molecule has 128 valence electrons. The van der Waals surface area contributed by atoms with Crippen LogP contribution in [0, 0.1) is 0 Å². The van der Waals surface area contributed by atoms with Gasteiger partial charge in [0.25, 0.3) is 5.91 Å². The number of aliphatic carboxylic acids is 1. The fourth-order valence-electron chi connectivity index (χ4n) is 1.72. The van der Waals surface area contributed by atoms with E-state index in [1.54, 1.807) is 0 Å². The first-order chi connectivity index (χ1) is 11.4. The topological polar surface area (TPSA) is 187 Å². The van der Waals surface area contributed by atoms with Gasteiger partial charge in [-0.3, -0.25) is 14.8 Å². The number of hydrogen-bond acceptors (Lipinski definition) is 9. The van der Waals surface area contributed by atoms with Crippen molar-refractivity contribution in [3.63, 3.8) is 0 Å². The van der Waals surface area contributed by atoms with Gasteiger partial charge in [-0.25, -0.2) is 24.8 Å². The molecule has 2 aromatic heterocycles. The lowest BCUT2D eigenvalue weighted by molar-refractivity contribution is -0.179. The molecular formula is C11H13N7O5S. The van der Waals surface area contributed by atoms with E-state index in [9.17, 15) is 14.4 Å². The number of aromatic amines is 1. The molecule has 0 saturated heterocycles. The number of nitrogens with one attached hydrogen (secondary N) is 2. The van der Waals surface area contributed by atoms with Gasteiger partial charge in [-0.05, 0) is 0 Å². The summed E-state index contributed by atoms with van der Waals surface area (Å²) in [5.74, 6) is -2.06. The molecule has 0 radical (unpaired) electrons. The van der Waals surface area contributed by atoms with Crippen LogP contribution in [0.4, 0.5) is 5.82 Å². The van der Waals surface area contributed by atoms with Gasteiger partial charge in [0.05, 0.1) is 0 Å². The summed E-state index contributed by atoms with van der Waals surface area (Å²) >= 11 is 1.23. The van der Waals surface area contributed by atoms with E-state index in [4.69, 9.17) is 16.0 Å². The number of carbonyl (C=O) groups is 3. The highest BCUT2D eigenvalue weighted by molar-refractivity contribution is 7.99. The van der Waals surface area contributed by atoms with E-state index >= 15 is 0 Å². The minimum atomic E-state index is -2.01. The van der Waals surface area contributed by atoms with Crippen LogP contribution < -0.4 is 11.1 Å². The minimum Gasteiger partial charge on any atom is -0.479 e. The Morgan fingerprint density at radius 1 is 1.50 bits per heavy atom. The van der Waals surface area contributed by atoms with E-state index in [1.807, 2.05) is 0 Å². The second-order valence-corrected chi connectivity index (χ2v) is 5.45. The fraction of sp³-hybridized carbons (Fsp3) is 0.273. The van der Waals surface area contributed by atoms with Crippen LogP contribution in [0.15, 0.2) is 11.5 Å². The Morgan fingerprint density at radius 2 is 2.25 bits per heavy atom. The van der Waals surface area contributed by atoms with Crippen molar-refractivity contribution in [3.05, 3.63) is 6.33 Å². The summed E-state index contributed by atoms with van der Waals surface area (Å²) in [4.78, 5) is 47.8. The Bertz CT molecular complexity index is 766. The third kappa shape index (κ3) is 3.88. The highest BCUT2D eigenvalue weighted by Gasteiger charge is 2.31. The van der Waals surface area contributed by atoms with E-state index in [2.05, 4.69) is 25.3 Å². The third-order valence-corrected chi connectivity index (χ3v) is 3.67. The first-order valence-electron chi connectivity index (χ1n) is 6.46. The number of nitrogens with zero attached hydrogens (tertiary/aromatic N) is 4. The summed E-state index contributed by atoms with van der Waals surface area (Å²) in [7, 11) is 0. The van der Waals surface area contributed by atoms with Crippen LogP contribution in [0.1, 0.15) is 0 Å². The number of carbonyl (C=O) groups excluding carboxylic acids is 2. The zero-order chi connectivity index (χ0) is 17.7. The van der Waals surface area contributed by atoms with Crippen molar-refractivity contribution in [3.8, 4) is 0 Å². The molecule has 0 aromatic carbocycles. The predicted molar refractivity (Wildman–Crippen MR) is 80.9 cm³/mol. The molecule has 2 heterocycles. The molecule has 0 aliphatic carbocycles. The van der Waals surface area contributed by atoms with Crippen molar-refractivity contribution in [2.45, 2.75) is 11.2 Å². The van der Waals surface area contributed by atoms with Crippen LogP contribution in [-0.2, 0) is 14.4 Å². The second kappa shape index (κ2) is 7.56. The Morgan fingerprint density at radius 3 is 2.88 bits per heavy atom. The van der Waals surface area contributed by atoms with Crippen molar-refractivity contribution < 1.29 is 24.7 Å². The number of fused-ring (bicyclic) bond motifs is 1. The van der Waals surface area contributed by atoms with E-state index in [0.717, 1.165) is 0 Å². The van der Waals surface area contributed by atoms with Gasteiger partial charge in [0.1, 0.15) is 11.8 Å². The molecule has 13 heteroatoms. The number of hydrogen-bond donors (Lipinski definition) is 5. The number of thioether (sulfide) groups is 1. The number of amides is 2. The molecule has 0 unspecified atom stereocenters. The number of carboxylic acid groups (broad SMARTS) is 1. The maximum Gasteiger partial charge on any atom is 0.338 e. The molecule has 0 fully saturated rings. The van der Waals surface area contributed by atoms with Gasteiger partial charge in [-0.15, -0.1) is 0 Å². The van der Waals surface area contributed by atoms with Gasteiger partial charge in [-0.1, -0.05) is 11.8 Å². The standard InChI is InChI=1S/C11H13N7O5S/c12-7-5-8(15-3-14-7)17-11(16-5)24-2-1-13-9(20)6(10(21)22)18(23)4-19/h3-4,6,23H,1-2H2,(H,13,20)(H,21,22)(H3,12,14,15,16,17)/t6-/m1/s1. The lowest BCUT2D eigenvalue weighted by atomic mass is 10.3. The zero-order valence-corrected chi connectivity index (χ0v) is 12.9. The Labute approximate surface area is 138 Å². The summed E-state index contributed by atoms with van der Waals surface area (Å²) < 4.78 is 0. The molecule has 2 amide bonds. The second-order valence-electron chi connectivity index (χ2n) is 4.37. The van der Waals surface area contributed by atoms with Crippen LogP contribution >= 0.6 is 11.8 Å². The summed E-state index contributed by atoms with van der Waals surface area (Å²) in [5, 5.41) is 20.5. The third-order valence-electron chi connectivity index (χ3n) is 2.79. The fourth-order valence-corrected chi connectivity index (χ4v) is 2.44. The van der Waals surface area contributed by atoms with Crippen LogP contribution in [0.3, 0.4) is 0 Å². The molecule has 0 aliphatic heterocycles. The molecular weight excluding hydrogens is 342 g/mol. The molecule has 0 aliphatic rings. The first-order valence-corrected chi connectivity index (χ1v) is 7.44. The van der Waals surface area contributed by atoms with Gasteiger partial charge in [0.15, 0.2) is 16.6 Å². The van der Waals surface area contributed by atoms with Crippen molar-refractivity contribution in [1.82, 2.24) is 30.3 Å². The molecule has 2 aromatic rings. The van der Waals surface area contributed by atoms with Gasteiger partial charge < -0.3 is 21.1 Å². The highest BCUT2D eigenvalue weighted by Crippen LogP contribution is 2.19. The van der Waals surface area contributed by atoms with Crippen LogP contribution in [0.5, 0.6) is 0 Å². The van der Waals surface area contributed by atoms with Crippen molar-refractivity contribution >= 4 is 47.0 Å². The summed E-state index contributed by atoms with van der Waals surface area (Å²) in [6, 6.07) is -2.01. The van der Waals surface area contributed by atoms with Gasteiger partial charge in [0.2, 0.25) is 12.5 Å². The van der Waals surface area contributed by atoms with Crippen molar-refractivity contribution in [2.24, 2.45) is 0 Å². The molecule has 2 rings (SSSR count). The number of H-pyrrole nitrogens is 1. The van der Waals surface area contributed by atoms with E-state index in [0.29, 0.717) is 22.1 Å².